The van der Waals surface area contributed by atoms with Crippen molar-refractivity contribution in [2.75, 3.05) is 13.2 Å². The van der Waals surface area contributed by atoms with Crippen LogP contribution in [0.4, 0.5) is 0 Å². The Labute approximate surface area is 436 Å². The van der Waals surface area contributed by atoms with E-state index in [1.165, 1.54) is 238 Å². The first-order valence-corrected chi connectivity index (χ1v) is 31.3. The van der Waals surface area contributed by atoms with Crippen LogP contribution < -0.4 is 0 Å². The molecule has 0 aromatic heterocycles. The van der Waals surface area contributed by atoms with Gasteiger partial charge in [0.25, 0.3) is 0 Å². The molecule has 0 saturated carbocycles. The van der Waals surface area contributed by atoms with Crippen LogP contribution in [0.5, 0.6) is 0 Å². The van der Waals surface area contributed by atoms with Gasteiger partial charge < -0.3 is 14.2 Å². The smallest absolute Gasteiger partial charge is 0.306 e. The second-order valence-electron chi connectivity index (χ2n) is 21.3. The molecule has 1 unspecified atom stereocenters. The number of carbonyl (C=O) groups excluding carboxylic acids is 3. The summed E-state index contributed by atoms with van der Waals surface area (Å²) in [7, 11) is 0. The maximum absolute atomic E-state index is 12.8. The Hall–Kier alpha value is -2.11. The fourth-order valence-electron chi connectivity index (χ4n) is 9.44. The molecule has 0 bridgehead atoms. The van der Waals surface area contributed by atoms with Gasteiger partial charge >= 0.3 is 17.9 Å². The summed E-state index contributed by atoms with van der Waals surface area (Å²) in [5, 5.41) is 0. The lowest BCUT2D eigenvalue weighted by atomic mass is 10.0. The van der Waals surface area contributed by atoms with Crippen molar-refractivity contribution in [1.82, 2.24) is 0 Å². The van der Waals surface area contributed by atoms with Gasteiger partial charge in [0.1, 0.15) is 13.2 Å². The van der Waals surface area contributed by atoms with Crippen LogP contribution in [-0.2, 0) is 28.6 Å². The van der Waals surface area contributed by atoms with Crippen LogP contribution in [0.3, 0.4) is 0 Å². The molecule has 0 N–H and O–H groups in total. The van der Waals surface area contributed by atoms with Crippen LogP contribution in [0.1, 0.15) is 348 Å². The quantitative estimate of drug-likeness (QED) is 0.0261. The number of hydrogen-bond acceptors (Lipinski definition) is 6. The van der Waals surface area contributed by atoms with Gasteiger partial charge in [-0.1, -0.05) is 283 Å². The van der Waals surface area contributed by atoms with Crippen LogP contribution in [-0.4, -0.2) is 37.2 Å². The average molecular weight is 986 g/mol. The maximum Gasteiger partial charge on any atom is 0.306 e. The van der Waals surface area contributed by atoms with Crippen LogP contribution in [0, 0.1) is 0 Å². The molecule has 0 rings (SSSR count). The molecule has 70 heavy (non-hydrogen) atoms. The first-order valence-electron chi connectivity index (χ1n) is 31.3. The summed E-state index contributed by atoms with van der Waals surface area (Å²) >= 11 is 0. The monoisotopic (exact) mass is 985 g/mol. The van der Waals surface area contributed by atoms with Crippen molar-refractivity contribution in [2.45, 2.75) is 354 Å². The second-order valence-corrected chi connectivity index (χ2v) is 21.3. The fourth-order valence-corrected chi connectivity index (χ4v) is 9.44. The Morgan fingerprint density at radius 1 is 0.271 bits per heavy atom. The first kappa shape index (κ1) is 67.9. The third-order valence-corrected chi connectivity index (χ3v) is 14.2. The molecule has 0 fully saturated rings. The van der Waals surface area contributed by atoms with Gasteiger partial charge in [0.05, 0.1) is 0 Å². The van der Waals surface area contributed by atoms with Gasteiger partial charge in [0.15, 0.2) is 6.10 Å². The van der Waals surface area contributed by atoms with Crippen molar-refractivity contribution in [1.29, 1.82) is 0 Å². The van der Waals surface area contributed by atoms with Crippen LogP contribution in [0.25, 0.3) is 0 Å². The molecule has 0 aliphatic rings. The highest BCUT2D eigenvalue weighted by Crippen LogP contribution is 2.18. The predicted molar refractivity (Wildman–Crippen MR) is 303 cm³/mol. The van der Waals surface area contributed by atoms with Crippen LogP contribution in [0.2, 0.25) is 0 Å². The first-order chi connectivity index (χ1) is 34.5. The van der Waals surface area contributed by atoms with Crippen molar-refractivity contribution in [3.8, 4) is 0 Å². The molecule has 0 aliphatic heterocycles. The van der Waals surface area contributed by atoms with Crippen molar-refractivity contribution < 1.29 is 28.6 Å². The summed E-state index contributed by atoms with van der Waals surface area (Å²) < 4.78 is 16.9. The number of esters is 3. The minimum Gasteiger partial charge on any atom is -0.462 e. The number of hydrogen-bond donors (Lipinski definition) is 0. The zero-order chi connectivity index (χ0) is 50.7. The summed E-state index contributed by atoms with van der Waals surface area (Å²) in [6.07, 6.45) is 70.6. The fraction of sp³-hybridized carbons (Fsp3) is 0.891. The molecule has 412 valence electrons. The largest absolute Gasteiger partial charge is 0.462 e. The lowest BCUT2D eigenvalue weighted by Crippen LogP contribution is -2.30. The summed E-state index contributed by atoms with van der Waals surface area (Å²) in [5.74, 6) is -0.872. The highest BCUT2D eigenvalue weighted by atomic mass is 16.6. The standard InChI is InChI=1S/C64H120O6/c1-4-7-10-13-16-19-22-25-26-27-28-29-30-31-32-33-34-35-36-37-38-39-40-43-45-48-51-54-57-63(66)69-60-61(70-64(67)58-55-52-49-46-42-24-21-18-15-12-9-6-3)59-68-62(65)56-53-50-47-44-41-23-20-17-14-11-8-5-2/h17-18,20-21,61H,4-16,19,22-60H2,1-3H3/b20-17-,21-18-. The third kappa shape index (κ3) is 56.8. The molecule has 0 saturated heterocycles. The van der Waals surface area contributed by atoms with Crippen molar-refractivity contribution in [2.24, 2.45) is 0 Å². The molecule has 0 spiro atoms. The zero-order valence-corrected chi connectivity index (χ0v) is 47.3. The van der Waals surface area contributed by atoms with Gasteiger partial charge in [0, 0.05) is 19.3 Å². The molecule has 6 heteroatoms. The SMILES string of the molecule is CCCCC/C=C\CCCCCCCC(=O)OCC(COC(=O)CCCCCCCCCCCCCCCCCCCCCCCCCCCCCC)OC(=O)CCCCCCC/C=C\CCCCC. The number of carbonyl (C=O) groups is 3. The minimum absolute atomic E-state index is 0.0730. The predicted octanol–water partition coefficient (Wildman–Crippen LogP) is 21.1. The maximum atomic E-state index is 12.8. The highest BCUT2D eigenvalue weighted by molar-refractivity contribution is 5.71. The van der Waals surface area contributed by atoms with Gasteiger partial charge in [0.2, 0.25) is 0 Å². The lowest BCUT2D eigenvalue weighted by Gasteiger charge is -2.18. The molecule has 1 atom stereocenters. The van der Waals surface area contributed by atoms with Crippen LogP contribution >= 0.6 is 0 Å². The van der Waals surface area contributed by atoms with Crippen LogP contribution in [0.15, 0.2) is 24.3 Å². The van der Waals surface area contributed by atoms with Crippen molar-refractivity contribution >= 4 is 17.9 Å². The molecule has 6 nitrogen and oxygen atoms in total. The van der Waals surface area contributed by atoms with Gasteiger partial charge in [-0.25, -0.2) is 0 Å². The molecule has 0 aliphatic carbocycles. The normalized spacial score (nSPS) is 12.1. The molecular weight excluding hydrogens is 865 g/mol. The van der Waals surface area contributed by atoms with E-state index in [4.69, 9.17) is 14.2 Å². The van der Waals surface area contributed by atoms with E-state index < -0.39 is 6.10 Å². The van der Waals surface area contributed by atoms with E-state index >= 15 is 0 Å². The molecule has 0 radical (unpaired) electrons. The lowest BCUT2D eigenvalue weighted by molar-refractivity contribution is -0.167. The van der Waals surface area contributed by atoms with E-state index in [0.717, 1.165) is 70.6 Å². The zero-order valence-electron chi connectivity index (χ0n) is 47.3. The average Bonchev–Trinajstić information content (AvgIpc) is 3.36. The number of unbranched alkanes of at least 4 members (excludes halogenated alkanes) is 43. The van der Waals surface area contributed by atoms with Gasteiger partial charge in [-0.05, 0) is 70.6 Å². The van der Waals surface area contributed by atoms with Crippen molar-refractivity contribution in [3.63, 3.8) is 0 Å². The van der Waals surface area contributed by atoms with E-state index in [2.05, 4.69) is 45.1 Å². The molecule has 0 amide bonds. The van der Waals surface area contributed by atoms with E-state index in [-0.39, 0.29) is 31.1 Å². The van der Waals surface area contributed by atoms with Crippen molar-refractivity contribution in [3.05, 3.63) is 24.3 Å². The van der Waals surface area contributed by atoms with Gasteiger partial charge in [-0.15, -0.1) is 0 Å². The summed E-state index contributed by atoms with van der Waals surface area (Å²) in [6.45, 7) is 6.63. The topological polar surface area (TPSA) is 78.9 Å². The Morgan fingerprint density at radius 3 is 0.743 bits per heavy atom. The summed E-state index contributed by atoms with van der Waals surface area (Å²) in [5.41, 5.74) is 0. The molecule has 0 aromatic rings. The number of ether oxygens (including phenoxy) is 3. The minimum atomic E-state index is -0.775. The molecular formula is C64H120O6. The Bertz CT molecular complexity index is 1130. The van der Waals surface area contributed by atoms with Gasteiger partial charge in [-0.3, -0.25) is 14.4 Å². The van der Waals surface area contributed by atoms with E-state index in [0.29, 0.717) is 19.3 Å². The second kappa shape index (κ2) is 59.5. The summed E-state index contributed by atoms with van der Waals surface area (Å²) in [6, 6.07) is 0. The Morgan fingerprint density at radius 2 is 0.471 bits per heavy atom. The van der Waals surface area contributed by atoms with E-state index in [1.54, 1.807) is 0 Å². The van der Waals surface area contributed by atoms with Gasteiger partial charge in [-0.2, -0.15) is 0 Å². The Balaban J connectivity index is 4.09. The number of allylic oxidation sites excluding steroid dienone is 4. The third-order valence-electron chi connectivity index (χ3n) is 14.2. The molecule has 0 heterocycles. The summed E-state index contributed by atoms with van der Waals surface area (Å²) in [4.78, 5) is 38.1. The van der Waals surface area contributed by atoms with E-state index in [9.17, 15) is 14.4 Å². The Kier molecular flexibility index (Phi) is 57.7. The molecule has 0 aromatic carbocycles. The highest BCUT2D eigenvalue weighted by Gasteiger charge is 2.19. The number of rotatable bonds is 58. The van der Waals surface area contributed by atoms with E-state index in [1.807, 2.05) is 0 Å².